The van der Waals surface area contributed by atoms with E-state index in [9.17, 15) is 18.0 Å². The second-order valence-corrected chi connectivity index (χ2v) is 7.32. The van der Waals surface area contributed by atoms with Crippen molar-refractivity contribution in [2.24, 2.45) is 0 Å². The number of fused-ring (bicyclic) bond motifs is 1. The SMILES string of the molecule is Cc1cc(OCc2nn(-c3ccc(OC(F)(F)F)cc3)c3ccccc23)ccc1OCC(=O)O. The molecule has 0 fully saturated rings. The standard InChI is InChI=1S/C24H19F3N2O5/c1-15-12-18(10-11-22(15)33-14-23(30)31)32-13-20-19-4-2-3-5-21(19)29(28-20)16-6-8-17(9-7-16)34-24(25,26)27/h2-12H,13-14H2,1H3,(H,30,31). The average molecular weight is 472 g/mol. The van der Waals surface area contributed by atoms with Crippen LogP contribution in [0.3, 0.4) is 0 Å². The predicted octanol–water partition coefficient (Wildman–Crippen LogP) is 5.27. The Bertz CT molecular complexity index is 1320. The molecule has 4 aromatic rings. The molecular formula is C24H19F3N2O5. The van der Waals surface area contributed by atoms with Crippen LogP contribution in [-0.2, 0) is 11.4 Å². The molecule has 3 aromatic carbocycles. The van der Waals surface area contributed by atoms with E-state index in [1.54, 1.807) is 29.8 Å². The van der Waals surface area contributed by atoms with Crippen molar-refractivity contribution in [2.75, 3.05) is 6.61 Å². The Hall–Kier alpha value is -4.21. The number of carbonyl (C=O) groups is 1. The maximum atomic E-state index is 12.4. The molecule has 0 saturated carbocycles. The summed E-state index contributed by atoms with van der Waals surface area (Å²) in [6, 6.07) is 17.9. The Labute approximate surface area is 191 Å². The van der Waals surface area contributed by atoms with Gasteiger partial charge in [-0.15, -0.1) is 13.2 Å². The molecule has 34 heavy (non-hydrogen) atoms. The van der Waals surface area contributed by atoms with Crippen LogP contribution in [0.25, 0.3) is 16.6 Å². The number of aryl methyl sites for hydroxylation is 1. The Morgan fingerprint density at radius 1 is 1.00 bits per heavy atom. The lowest BCUT2D eigenvalue weighted by Crippen LogP contribution is -2.17. The second kappa shape index (κ2) is 9.34. The van der Waals surface area contributed by atoms with Gasteiger partial charge in [0.15, 0.2) is 6.61 Å². The van der Waals surface area contributed by atoms with E-state index in [1.165, 1.54) is 24.3 Å². The third-order valence-corrected chi connectivity index (χ3v) is 4.85. The predicted molar refractivity (Wildman–Crippen MR) is 116 cm³/mol. The lowest BCUT2D eigenvalue weighted by atomic mass is 10.2. The summed E-state index contributed by atoms with van der Waals surface area (Å²) in [6.45, 7) is 1.48. The maximum Gasteiger partial charge on any atom is 0.573 e. The quantitative estimate of drug-likeness (QED) is 0.376. The van der Waals surface area contributed by atoms with Crippen LogP contribution < -0.4 is 14.2 Å². The normalized spacial score (nSPS) is 11.4. The molecule has 1 N–H and O–H groups in total. The molecule has 10 heteroatoms. The number of nitrogens with zero attached hydrogens (tertiary/aromatic N) is 2. The van der Waals surface area contributed by atoms with Crippen LogP contribution in [0.1, 0.15) is 11.3 Å². The Kier molecular flexibility index (Phi) is 6.31. The number of aromatic nitrogens is 2. The molecule has 1 heterocycles. The maximum absolute atomic E-state index is 12.4. The number of rotatable bonds is 8. The van der Waals surface area contributed by atoms with Crippen LogP contribution in [0.2, 0.25) is 0 Å². The van der Waals surface area contributed by atoms with Crippen LogP contribution in [0, 0.1) is 6.92 Å². The molecule has 1 aromatic heterocycles. The van der Waals surface area contributed by atoms with Crippen molar-refractivity contribution in [3.63, 3.8) is 0 Å². The summed E-state index contributed by atoms with van der Waals surface area (Å²) in [7, 11) is 0. The average Bonchev–Trinajstić information content (AvgIpc) is 3.15. The van der Waals surface area contributed by atoms with Crippen LogP contribution in [0.5, 0.6) is 17.2 Å². The zero-order valence-corrected chi connectivity index (χ0v) is 17.9. The molecule has 4 rings (SSSR count). The number of ether oxygens (including phenoxy) is 3. The van der Waals surface area contributed by atoms with Crippen molar-refractivity contribution < 1.29 is 37.3 Å². The Morgan fingerprint density at radius 3 is 2.38 bits per heavy atom. The second-order valence-electron chi connectivity index (χ2n) is 7.32. The van der Waals surface area contributed by atoms with Gasteiger partial charge in [0.2, 0.25) is 0 Å². The van der Waals surface area contributed by atoms with E-state index in [2.05, 4.69) is 9.84 Å². The van der Waals surface area contributed by atoms with Gasteiger partial charge in [-0.3, -0.25) is 0 Å². The summed E-state index contributed by atoms with van der Waals surface area (Å²) in [4.78, 5) is 10.7. The smallest absolute Gasteiger partial charge is 0.487 e. The summed E-state index contributed by atoms with van der Waals surface area (Å²) in [5, 5.41) is 14.2. The van der Waals surface area contributed by atoms with Gasteiger partial charge in [0.25, 0.3) is 0 Å². The summed E-state index contributed by atoms with van der Waals surface area (Å²) in [5.41, 5.74) is 2.68. The zero-order chi connectivity index (χ0) is 24.3. The van der Waals surface area contributed by atoms with Gasteiger partial charge in [-0.1, -0.05) is 18.2 Å². The minimum Gasteiger partial charge on any atom is -0.487 e. The fraction of sp³-hybridized carbons (Fsp3) is 0.167. The fourth-order valence-electron chi connectivity index (χ4n) is 3.39. The van der Waals surface area contributed by atoms with E-state index in [-0.39, 0.29) is 12.4 Å². The molecule has 7 nitrogen and oxygen atoms in total. The number of carboxylic acids is 1. The van der Waals surface area contributed by atoms with E-state index in [1.807, 2.05) is 24.3 Å². The topological polar surface area (TPSA) is 82.8 Å². The van der Waals surface area contributed by atoms with Crippen molar-refractivity contribution in [3.05, 3.63) is 78.0 Å². The summed E-state index contributed by atoms with van der Waals surface area (Å²) in [5.74, 6) is -0.387. The van der Waals surface area contributed by atoms with Crippen molar-refractivity contribution in [1.82, 2.24) is 9.78 Å². The minimum absolute atomic E-state index is 0.136. The molecule has 0 bridgehead atoms. The van der Waals surface area contributed by atoms with Crippen LogP contribution in [-0.4, -0.2) is 33.8 Å². The molecule has 0 spiro atoms. The van der Waals surface area contributed by atoms with E-state index >= 15 is 0 Å². The number of hydrogen-bond donors (Lipinski definition) is 1. The highest BCUT2D eigenvalue weighted by atomic mass is 19.4. The number of benzene rings is 3. The number of carboxylic acid groups (broad SMARTS) is 1. The summed E-state index contributed by atoms with van der Waals surface area (Å²) in [6.07, 6.45) is -4.76. The Morgan fingerprint density at radius 2 is 1.71 bits per heavy atom. The minimum atomic E-state index is -4.76. The van der Waals surface area contributed by atoms with E-state index in [4.69, 9.17) is 14.6 Å². The molecule has 0 unspecified atom stereocenters. The van der Waals surface area contributed by atoms with Gasteiger partial charge in [0.1, 0.15) is 29.5 Å². The molecule has 0 aliphatic heterocycles. The first-order valence-electron chi connectivity index (χ1n) is 10.1. The number of hydrogen-bond acceptors (Lipinski definition) is 5. The highest BCUT2D eigenvalue weighted by molar-refractivity contribution is 5.83. The van der Waals surface area contributed by atoms with E-state index in [0.29, 0.717) is 22.9 Å². The van der Waals surface area contributed by atoms with Crippen molar-refractivity contribution >= 4 is 16.9 Å². The third kappa shape index (κ3) is 5.40. The van der Waals surface area contributed by atoms with E-state index < -0.39 is 18.9 Å². The number of para-hydroxylation sites is 1. The van der Waals surface area contributed by atoms with Gasteiger partial charge in [-0.2, -0.15) is 5.10 Å². The first kappa shape index (κ1) is 23.0. The van der Waals surface area contributed by atoms with E-state index in [0.717, 1.165) is 16.5 Å². The fourth-order valence-corrected chi connectivity index (χ4v) is 3.39. The van der Waals surface area contributed by atoms with Crippen LogP contribution in [0.4, 0.5) is 13.2 Å². The molecule has 0 aliphatic rings. The van der Waals surface area contributed by atoms with Crippen molar-refractivity contribution in [3.8, 4) is 22.9 Å². The third-order valence-electron chi connectivity index (χ3n) is 4.85. The molecular weight excluding hydrogens is 453 g/mol. The van der Waals surface area contributed by atoms with Crippen molar-refractivity contribution in [1.29, 1.82) is 0 Å². The van der Waals surface area contributed by atoms with Crippen LogP contribution in [0.15, 0.2) is 66.7 Å². The molecule has 0 saturated heterocycles. The number of halogens is 3. The first-order chi connectivity index (χ1) is 16.2. The number of aliphatic carboxylic acids is 1. The monoisotopic (exact) mass is 472 g/mol. The number of alkyl halides is 3. The summed E-state index contributed by atoms with van der Waals surface area (Å²) >= 11 is 0. The van der Waals surface area contributed by atoms with Gasteiger partial charge in [-0.25, -0.2) is 9.48 Å². The zero-order valence-electron chi connectivity index (χ0n) is 17.9. The van der Waals surface area contributed by atoms with Gasteiger partial charge in [0.05, 0.1) is 11.2 Å². The van der Waals surface area contributed by atoms with Gasteiger partial charge in [0, 0.05) is 5.39 Å². The molecule has 0 amide bonds. The molecule has 0 atom stereocenters. The largest absolute Gasteiger partial charge is 0.573 e. The highest BCUT2D eigenvalue weighted by Crippen LogP contribution is 2.28. The molecule has 176 valence electrons. The summed E-state index contributed by atoms with van der Waals surface area (Å²) < 4.78 is 54.0. The molecule has 0 radical (unpaired) electrons. The van der Waals surface area contributed by atoms with Crippen molar-refractivity contribution in [2.45, 2.75) is 19.9 Å². The molecule has 0 aliphatic carbocycles. The van der Waals surface area contributed by atoms with Gasteiger partial charge >= 0.3 is 12.3 Å². The van der Waals surface area contributed by atoms with Gasteiger partial charge < -0.3 is 19.3 Å². The Balaban J connectivity index is 1.54. The highest BCUT2D eigenvalue weighted by Gasteiger charge is 2.31. The first-order valence-corrected chi connectivity index (χ1v) is 10.1. The van der Waals surface area contributed by atoms with Gasteiger partial charge in [-0.05, 0) is 61.0 Å². The van der Waals surface area contributed by atoms with Crippen LogP contribution >= 0.6 is 0 Å². The lowest BCUT2D eigenvalue weighted by molar-refractivity contribution is -0.274. The lowest BCUT2D eigenvalue weighted by Gasteiger charge is -2.10.